The highest BCUT2D eigenvalue weighted by Crippen LogP contribution is 2.37. The van der Waals surface area contributed by atoms with Crippen molar-refractivity contribution in [1.29, 1.82) is 0 Å². The lowest BCUT2D eigenvalue weighted by Crippen LogP contribution is -2.09. The van der Waals surface area contributed by atoms with E-state index in [1.54, 1.807) is 0 Å². The van der Waals surface area contributed by atoms with Gasteiger partial charge in [-0.2, -0.15) is 0 Å². The Morgan fingerprint density at radius 3 is 2.39 bits per heavy atom. The number of aromatic nitrogens is 1. The van der Waals surface area contributed by atoms with Gasteiger partial charge < -0.3 is 4.42 Å². The van der Waals surface area contributed by atoms with Gasteiger partial charge in [0, 0.05) is 22.5 Å². The van der Waals surface area contributed by atoms with E-state index in [2.05, 4.69) is 105 Å². The van der Waals surface area contributed by atoms with Crippen LogP contribution < -0.4 is 0 Å². The van der Waals surface area contributed by atoms with Crippen LogP contribution in [0.15, 0.2) is 83.4 Å². The SMILES string of the molecule is Cc1c(-c2ccccc2)ccc2oc3cc(-c4cc(CC(C)(C)C)ccn4)ccc3c12. The number of hydrogen-bond donors (Lipinski definition) is 0. The van der Waals surface area contributed by atoms with Crippen LogP contribution in [0.4, 0.5) is 0 Å². The average Bonchev–Trinajstić information content (AvgIpc) is 3.12. The highest BCUT2D eigenvalue weighted by atomic mass is 16.3. The highest BCUT2D eigenvalue weighted by Gasteiger charge is 2.15. The third kappa shape index (κ3) is 3.74. The Bertz CT molecular complexity index is 1390. The molecule has 0 amide bonds. The Morgan fingerprint density at radius 1 is 0.806 bits per heavy atom. The summed E-state index contributed by atoms with van der Waals surface area (Å²) in [5, 5.41) is 2.34. The van der Waals surface area contributed by atoms with Gasteiger partial charge >= 0.3 is 0 Å². The van der Waals surface area contributed by atoms with E-state index in [1.165, 1.54) is 27.6 Å². The molecule has 0 aliphatic heterocycles. The maximum absolute atomic E-state index is 6.27. The van der Waals surface area contributed by atoms with E-state index in [4.69, 9.17) is 4.42 Å². The Morgan fingerprint density at radius 2 is 1.61 bits per heavy atom. The summed E-state index contributed by atoms with van der Waals surface area (Å²) in [7, 11) is 0. The molecule has 0 N–H and O–H groups in total. The van der Waals surface area contributed by atoms with Crippen molar-refractivity contribution >= 4 is 21.9 Å². The van der Waals surface area contributed by atoms with Crippen LogP contribution in [0.3, 0.4) is 0 Å². The van der Waals surface area contributed by atoms with Gasteiger partial charge in [0.2, 0.25) is 0 Å². The molecule has 0 saturated heterocycles. The third-order valence-corrected chi connectivity index (χ3v) is 5.84. The predicted octanol–water partition coefficient (Wildman–Crippen LogP) is 8.21. The molecule has 0 unspecified atom stereocenters. The lowest BCUT2D eigenvalue weighted by atomic mass is 9.88. The molecule has 0 aliphatic rings. The molecule has 2 nitrogen and oxygen atoms in total. The first kappa shape index (κ1) is 19.6. The normalized spacial score (nSPS) is 12.0. The smallest absolute Gasteiger partial charge is 0.136 e. The van der Waals surface area contributed by atoms with Crippen LogP contribution in [-0.2, 0) is 6.42 Å². The summed E-state index contributed by atoms with van der Waals surface area (Å²) in [5.41, 5.74) is 9.20. The van der Waals surface area contributed by atoms with Gasteiger partial charge in [0.05, 0.1) is 5.69 Å². The quantitative estimate of drug-likeness (QED) is 0.302. The summed E-state index contributed by atoms with van der Waals surface area (Å²) in [6.45, 7) is 8.98. The van der Waals surface area contributed by atoms with Crippen LogP contribution in [0, 0.1) is 12.3 Å². The minimum atomic E-state index is 0.245. The lowest BCUT2D eigenvalue weighted by molar-refractivity contribution is 0.411. The fourth-order valence-electron chi connectivity index (χ4n) is 4.48. The average molecular weight is 406 g/mol. The monoisotopic (exact) mass is 405 g/mol. The first-order valence-electron chi connectivity index (χ1n) is 10.9. The molecular weight excluding hydrogens is 378 g/mol. The summed E-state index contributed by atoms with van der Waals surface area (Å²) >= 11 is 0. The number of nitrogens with zero attached hydrogens (tertiary/aromatic N) is 1. The molecule has 0 atom stereocenters. The molecule has 0 aliphatic carbocycles. The standard InChI is InChI=1S/C29H27NO/c1-19-23(21-8-6-5-7-9-21)12-13-26-28(19)24-11-10-22(17-27(24)31-26)25-16-20(14-15-30-25)18-29(2,3)4/h5-17H,18H2,1-4H3. The van der Waals surface area contributed by atoms with E-state index >= 15 is 0 Å². The summed E-state index contributed by atoms with van der Waals surface area (Å²) < 4.78 is 6.27. The maximum atomic E-state index is 6.27. The number of pyridine rings is 1. The van der Waals surface area contributed by atoms with Gasteiger partial charge in [-0.3, -0.25) is 4.98 Å². The fraction of sp³-hybridized carbons (Fsp3) is 0.207. The van der Waals surface area contributed by atoms with Crippen molar-refractivity contribution in [2.45, 2.75) is 34.1 Å². The molecule has 0 radical (unpaired) electrons. The van der Waals surface area contributed by atoms with E-state index in [9.17, 15) is 0 Å². The maximum Gasteiger partial charge on any atom is 0.136 e. The first-order valence-corrected chi connectivity index (χ1v) is 10.9. The zero-order valence-corrected chi connectivity index (χ0v) is 18.6. The second kappa shape index (κ2) is 7.39. The minimum absolute atomic E-state index is 0.245. The third-order valence-electron chi connectivity index (χ3n) is 5.84. The second-order valence-electron chi connectivity index (χ2n) is 9.58. The fourth-order valence-corrected chi connectivity index (χ4v) is 4.48. The van der Waals surface area contributed by atoms with Crippen molar-refractivity contribution in [3.63, 3.8) is 0 Å². The Labute approximate surface area is 183 Å². The Kier molecular flexibility index (Phi) is 4.66. The molecule has 3 aromatic carbocycles. The number of benzene rings is 3. The zero-order chi connectivity index (χ0) is 21.6. The van der Waals surface area contributed by atoms with E-state index in [0.717, 1.165) is 34.2 Å². The van der Waals surface area contributed by atoms with Crippen molar-refractivity contribution < 1.29 is 4.42 Å². The molecule has 0 spiro atoms. The van der Waals surface area contributed by atoms with Gasteiger partial charge in [0.25, 0.3) is 0 Å². The summed E-state index contributed by atoms with van der Waals surface area (Å²) in [6, 6.07) is 25.6. The molecule has 5 rings (SSSR count). The van der Waals surface area contributed by atoms with E-state index in [-0.39, 0.29) is 5.41 Å². The van der Waals surface area contributed by atoms with Crippen LogP contribution in [0.1, 0.15) is 31.9 Å². The molecule has 31 heavy (non-hydrogen) atoms. The largest absolute Gasteiger partial charge is 0.456 e. The molecular formula is C29H27NO. The van der Waals surface area contributed by atoms with Gasteiger partial charge in [0.15, 0.2) is 0 Å². The zero-order valence-electron chi connectivity index (χ0n) is 18.6. The van der Waals surface area contributed by atoms with Gasteiger partial charge in [-0.05, 0) is 71.3 Å². The molecule has 0 saturated carbocycles. The topological polar surface area (TPSA) is 26.0 Å². The molecule has 154 valence electrons. The minimum Gasteiger partial charge on any atom is -0.456 e. The summed E-state index contributed by atoms with van der Waals surface area (Å²) in [4.78, 5) is 4.63. The Hall–Kier alpha value is -3.39. The van der Waals surface area contributed by atoms with Gasteiger partial charge in [-0.1, -0.05) is 63.2 Å². The van der Waals surface area contributed by atoms with Crippen molar-refractivity contribution in [2.75, 3.05) is 0 Å². The number of furan rings is 1. The van der Waals surface area contributed by atoms with Crippen LogP contribution in [0.2, 0.25) is 0 Å². The summed E-state index contributed by atoms with van der Waals surface area (Å²) in [6.07, 6.45) is 2.94. The van der Waals surface area contributed by atoms with Crippen LogP contribution >= 0.6 is 0 Å². The van der Waals surface area contributed by atoms with Crippen molar-refractivity contribution in [3.05, 3.63) is 90.1 Å². The van der Waals surface area contributed by atoms with E-state index in [0.29, 0.717) is 0 Å². The lowest BCUT2D eigenvalue weighted by Gasteiger charge is -2.18. The second-order valence-corrected chi connectivity index (χ2v) is 9.58. The number of fused-ring (bicyclic) bond motifs is 3. The van der Waals surface area contributed by atoms with Gasteiger partial charge in [0.1, 0.15) is 11.2 Å². The van der Waals surface area contributed by atoms with E-state index in [1.807, 2.05) is 6.20 Å². The Balaban J connectivity index is 1.61. The number of aryl methyl sites for hydroxylation is 1. The van der Waals surface area contributed by atoms with E-state index < -0.39 is 0 Å². The van der Waals surface area contributed by atoms with Gasteiger partial charge in [-0.15, -0.1) is 0 Å². The number of hydrogen-bond acceptors (Lipinski definition) is 2. The van der Waals surface area contributed by atoms with Crippen LogP contribution in [0.25, 0.3) is 44.3 Å². The van der Waals surface area contributed by atoms with Crippen molar-refractivity contribution in [1.82, 2.24) is 4.98 Å². The molecule has 2 heteroatoms. The van der Waals surface area contributed by atoms with Crippen molar-refractivity contribution in [3.8, 4) is 22.4 Å². The molecule has 5 aromatic rings. The predicted molar refractivity (Wildman–Crippen MR) is 130 cm³/mol. The highest BCUT2D eigenvalue weighted by molar-refractivity contribution is 6.09. The number of rotatable bonds is 3. The summed E-state index contributed by atoms with van der Waals surface area (Å²) in [5.74, 6) is 0. The first-order chi connectivity index (χ1) is 14.9. The molecule has 0 bridgehead atoms. The molecule has 0 fully saturated rings. The van der Waals surface area contributed by atoms with Crippen LogP contribution in [0.5, 0.6) is 0 Å². The molecule has 2 aromatic heterocycles. The van der Waals surface area contributed by atoms with Crippen LogP contribution in [-0.4, -0.2) is 4.98 Å². The van der Waals surface area contributed by atoms with Crippen molar-refractivity contribution in [2.24, 2.45) is 5.41 Å². The molecule has 2 heterocycles. The van der Waals surface area contributed by atoms with Gasteiger partial charge in [-0.25, -0.2) is 0 Å².